The second-order valence-electron chi connectivity index (χ2n) is 4.93. The van der Waals surface area contributed by atoms with Crippen LogP contribution in [-0.4, -0.2) is 16.9 Å². The fourth-order valence-electron chi connectivity index (χ4n) is 2.39. The summed E-state index contributed by atoms with van der Waals surface area (Å²) in [6.45, 7) is 3.99. The molecule has 1 aromatic rings. The summed E-state index contributed by atoms with van der Waals surface area (Å²) >= 11 is 0. The van der Waals surface area contributed by atoms with Crippen LogP contribution in [0.5, 0.6) is 0 Å². The molecule has 0 fully saturated rings. The number of carbonyl (C=O) groups is 1. The zero-order valence-corrected chi connectivity index (χ0v) is 10.3. The van der Waals surface area contributed by atoms with Crippen molar-refractivity contribution in [2.75, 3.05) is 0 Å². The van der Waals surface area contributed by atoms with E-state index in [0.717, 1.165) is 18.5 Å². The molecule has 0 saturated heterocycles. The third kappa shape index (κ3) is 2.47. The van der Waals surface area contributed by atoms with Crippen molar-refractivity contribution in [3.8, 4) is 0 Å². The van der Waals surface area contributed by atoms with Gasteiger partial charge in [0, 0.05) is 6.20 Å². The molecule has 0 spiro atoms. The van der Waals surface area contributed by atoms with Crippen LogP contribution >= 0.6 is 0 Å². The van der Waals surface area contributed by atoms with Gasteiger partial charge in [-0.2, -0.15) is 0 Å². The van der Waals surface area contributed by atoms with Gasteiger partial charge in [-0.05, 0) is 30.4 Å². The average molecular weight is 233 g/mol. The molecule has 1 heterocycles. The Balaban J connectivity index is 2.13. The van der Waals surface area contributed by atoms with E-state index in [1.54, 1.807) is 6.20 Å². The number of primary amides is 1. The van der Waals surface area contributed by atoms with Gasteiger partial charge in [0.2, 0.25) is 5.91 Å². The van der Waals surface area contributed by atoms with Crippen molar-refractivity contribution in [2.45, 2.75) is 38.8 Å². The van der Waals surface area contributed by atoms with E-state index in [1.165, 1.54) is 5.56 Å². The number of fused-ring (bicyclic) bond motifs is 1. The van der Waals surface area contributed by atoms with Gasteiger partial charge in [-0.15, -0.1) is 0 Å². The van der Waals surface area contributed by atoms with Crippen LogP contribution in [0.2, 0.25) is 0 Å². The number of carbonyl (C=O) groups excluding carboxylic acids is 1. The highest BCUT2D eigenvalue weighted by atomic mass is 16.1. The number of amides is 1. The topological polar surface area (TPSA) is 68.0 Å². The highest BCUT2D eigenvalue weighted by Gasteiger charge is 2.29. The third-order valence-electron chi connectivity index (χ3n) is 3.31. The fraction of sp³-hybridized carbons (Fsp3) is 0.538. The lowest BCUT2D eigenvalue weighted by atomic mass is 10.0. The maximum Gasteiger partial charge on any atom is 0.234 e. The Bertz CT molecular complexity index is 417. The number of aryl methyl sites for hydroxylation is 1. The normalized spacial score (nSPS) is 20.3. The lowest BCUT2D eigenvalue weighted by Gasteiger charge is -2.23. The van der Waals surface area contributed by atoms with E-state index in [0.29, 0.717) is 0 Å². The van der Waals surface area contributed by atoms with Crippen molar-refractivity contribution in [3.63, 3.8) is 0 Å². The number of nitrogens with zero attached hydrogens (tertiary/aromatic N) is 1. The molecule has 3 N–H and O–H groups in total. The number of aromatic nitrogens is 1. The molecule has 0 bridgehead atoms. The van der Waals surface area contributed by atoms with Gasteiger partial charge in [0.1, 0.15) is 0 Å². The lowest BCUT2D eigenvalue weighted by Crippen LogP contribution is -2.46. The number of nitrogens with one attached hydrogen (secondary N) is 1. The Kier molecular flexibility index (Phi) is 3.43. The summed E-state index contributed by atoms with van der Waals surface area (Å²) in [5.74, 6) is -0.0929. The smallest absolute Gasteiger partial charge is 0.234 e. The van der Waals surface area contributed by atoms with Crippen LogP contribution in [0.15, 0.2) is 18.3 Å². The number of nitrogens with two attached hydrogens (primary N) is 1. The van der Waals surface area contributed by atoms with E-state index in [9.17, 15) is 4.79 Å². The molecule has 2 rings (SSSR count). The van der Waals surface area contributed by atoms with Gasteiger partial charge in [0.25, 0.3) is 0 Å². The second-order valence-corrected chi connectivity index (χ2v) is 4.93. The summed E-state index contributed by atoms with van der Waals surface area (Å²) in [5, 5.41) is 3.33. The predicted molar refractivity (Wildman–Crippen MR) is 66.3 cm³/mol. The number of hydrogen-bond acceptors (Lipinski definition) is 3. The molecule has 1 aliphatic rings. The van der Waals surface area contributed by atoms with Crippen LogP contribution in [0.1, 0.15) is 37.6 Å². The van der Waals surface area contributed by atoms with Crippen LogP contribution in [0, 0.1) is 5.92 Å². The van der Waals surface area contributed by atoms with Crippen LogP contribution in [0.25, 0.3) is 0 Å². The Labute approximate surface area is 102 Å². The summed E-state index contributed by atoms with van der Waals surface area (Å²) in [6, 6.07) is 3.92. The summed E-state index contributed by atoms with van der Waals surface area (Å²) in [7, 11) is 0. The monoisotopic (exact) mass is 233 g/mol. The first-order valence-corrected chi connectivity index (χ1v) is 6.08. The molecular formula is C13H19N3O. The maximum atomic E-state index is 11.4. The minimum absolute atomic E-state index is 0.158. The molecule has 0 radical (unpaired) electrons. The first-order chi connectivity index (χ1) is 8.09. The molecule has 4 nitrogen and oxygen atoms in total. The fourth-order valence-corrected chi connectivity index (χ4v) is 2.39. The van der Waals surface area contributed by atoms with Crippen molar-refractivity contribution < 1.29 is 4.79 Å². The first-order valence-electron chi connectivity index (χ1n) is 6.08. The predicted octanol–water partition coefficient (Wildman–Crippen LogP) is 1.17. The maximum absolute atomic E-state index is 11.4. The van der Waals surface area contributed by atoms with Crippen LogP contribution in [0.3, 0.4) is 0 Å². The van der Waals surface area contributed by atoms with Crippen molar-refractivity contribution in [2.24, 2.45) is 11.7 Å². The van der Waals surface area contributed by atoms with E-state index in [4.69, 9.17) is 5.73 Å². The molecule has 1 aliphatic carbocycles. The quantitative estimate of drug-likeness (QED) is 0.820. The Morgan fingerprint density at radius 1 is 1.59 bits per heavy atom. The van der Waals surface area contributed by atoms with Gasteiger partial charge in [-0.25, -0.2) is 0 Å². The molecule has 1 aromatic heterocycles. The third-order valence-corrected chi connectivity index (χ3v) is 3.31. The summed E-state index contributed by atoms with van der Waals surface area (Å²) < 4.78 is 0. The highest BCUT2D eigenvalue weighted by Crippen LogP contribution is 2.29. The Hall–Kier alpha value is -1.42. The molecule has 2 atom stereocenters. The standard InChI is InChI=1S/C13H19N3O/c1-8(2)11(13(14)17)16-10-6-5-9-4-3-7-15-12(9)10/h3-4,7-8,10-11,16H,5-6H2,1-2H3,(H2,14,17). The molecule has 1 amide bonds. The van der Waals surface area contributed by atoms with Gasteiger partial charge in [-0.3, -0.25) is 15.1 Å². The van der Waals surface area contributed by atoms with Crippen LogP contribution < -0.4 is 11.1 Å². The summed E-state index contributed by atoms with van der Waals surface area (Å²) in [5.41, 5.74) is 7.76. The molecular weight excluding hydrogens is 214 g/mol. The summed E-state index contributed by atoms with van der Waals surface area (Å²) in [6.07, 6.45) is 3.81. The van der Waals surface area contributed by atoms with Gasteiger partial charge in [-0.1, -0.05) is 19.9 Å². The van der Waals surface area contributed by atoms with Crippen LogP contribution in [0.4, 0.5) is 0 Å². The van der Waals surface area contributed by atoms with Crippen molar-refractivity contribution in [1.29, 1.82) is 0 Å². The average Bonchev–Trinajstić information content (AvgIpc) is 2.68. The zero-order chi connectivity index (χ0) is 12.4. The molecule has 2 unspecified atom stereocenters. The number of pyridine rings is 1. The first kappa shape index (κ1) is 12.0. The van der Waals surface area contributed by atoms with Gasteiger partial charge in [0.15, 0.2) is 0 Å². The SMILES string of the molecule is CC(C)C(NC1CCc2cccnc21)C(N)=O. The molecule has 0 aliphatic heterocycles. The molecule has 4 heteroatoms. The van der Waals surface area contributed by atoms with E-state index in [-0.39, 0.29) is 23.9 Å². The van der Waals surface area contributed by atoms with E-state index < -0.39 is 0 Å². The molecule has 0 aromatic carbocycles. The molecule has 92 valence electrons. The lowest BCUT2D eigenvalue weighted by molar-refractivity contribution is -0.121. The molecule has 0 saturated carbocycles. The zero-order valence-electron chi connectivity index (χ0n) is 10.3. The van der Waals surface area contributed by atoms with Crippen molar-refractivity contribution in [3.05, 3.63) is 29.6 Å². The highest BCUT2D eigenvalue weighted by molar-refractivity contribution is 5.80. The van der Waals surface area contributed by atoms with Gasteiger partial charge < -0.3 is 5.73 Å². The van der Waals surface area contributed by atoms with E-state index in [2.05, 4.69) is 16.4 Å². The number of hydrogen-bond donors (Lipinski definition) is 2. The van der Waals surface area contributed by atoms with Gasteiger partial charge in [0.05, 0.1) is 17.8 Å². The minimum atomic E-state index is -0.288. The second kappa shape index (κ2) is 4.84. The number of rotatable bonds is 4. The van der Waals surface area contributed by atoms with E-state index in [1.807, 2.05) is 19.9 Å². The van der Waals surface area contributed by atoms with Crippen LogP contribution in [-0.2, 0) is 11.2 Å². The van der Waals surface area contributed by atoms with Gasteiger partial charge >= 0.3 is 0 Å². The molecule has 17 heavy (non-hydrogen) atoms. The van der Waals surface area contributed by atoms with E-state index >= 15 is 0 Å². The summed E-state index contributed by atoms with van der Waals surface area (Å²) in [4.78, 5) is 15.8. The Morgan fingerprint density at radius 3 is 3.00 bits per heavy atom. The minimum Gasteiger partial charge on any atom is -0.368 e. The van der Waals surface area contributed by atoms with Crippen molar-refractivity contribution >= 4 is 5.91 Å². The Morgan fingerprint density at radius 2 is 2.35 bits per heavy atom. The largest absolute Gasteiger partial charge is 0.368 e. The van der Waals surface area contributed by atoms with Crippen molar-refractivity contribution in [1.82, 2.24) is 10.3 Å².